The summed E-state index contributed by atoms with van der Waals surface area (Å²) in [5.41, 5.74) is -1.93. The number of ether oxygens (including phenoxy) is 1. The molecule has 0 radical (unpaired) electrons. The van der Waals surface area contributed by atoms with E-state index >= 15 is 0 Å². The second-order valence-electron chi connectivity index (χ2n) is 8.24. The molecule has 30 heavy (non-hydrogen) atoms. The number of rotatable bonds is 3. The lowest BCUT2D eigenvalue weighted by Crippen LogP contribution is -2.58. The molecule has 9 heteroatoms. The van der Waals surface area contributed by atoms with Crippen LogP contribution in [0.4, 0.5) is 18.9 Å². The van der Waals surface area contributed by atoms with Gasteiger partial charge in [0, 0.05) is 21.1 Å². The van der Waals surface area contributed by atoms with Crippen molar-refractivity contribution in [1.29, 1.82) is 0 Å². The van der Waals surface area contributed by atoms with Crippen LogP contribution in [0.25, 0.3) is 10.9 Å². The molecule has 3 N–H and O–H groups in total. The van der Waals surface area contributed by atoms with Gasteiger partial charge in [-0.15, -0.1) is 0 Å². The lowest BCUT2D eigenvalue weighted by Gasteiger charge is -2.49. The molecule has 1 aromatic heterocycles. The highest BCUT2D eigenvalue weighted by atomic mass is 79.9. The van der Waals surface area contributed by atoms with Gasteiger partial charge in [0.2, 0.25) is 0 Å². The fraction of sp³-hybridized carbons (Fsp3) is 0.381. The summed E-state index contributed by atoms with van der Waals surface area (Å²) >= 11 is 3.42. The number of nitrogens with one attached hydrogen (secondary N) is 2. The Morgan fingerprint density at radius 3 is 2.67 bits per heavy atom. The lowest BCUT2D eigenvalue weighted by molar-refractivity contribution is -0.276. The third-order valence-corrected chi connectivity index (χ3v) is 6.50. The van der Waals surface area contributed by atoms with E-state index in [0.717, 1.165) is 0 Å². The molecular formula is C21H21BrF3N3O2. The molecule has 1 aliphatic rings. The zero-order valence-electron chi connectivity index (χ0n) is 16.6. The van der Waals surface area contributed by atoms with E-state index in [1.807, 2.05) is 0 Å². The van der Waals surface area contributed by atoms with Crippen LogP contribution >= 0.6 is 15.9 Å². The molecule has 160 valence electrons. The fourth-order valence-electron chi connectivity index (χ4n) is 4.53. The Morgan fingerprint density at radius 1 is 1.27 bits per heavy atom. The average Bonchev–Trinajstić information content (AvgIpc) is 3.13. The Morgan fingerprint density at radius 2 is 2.00 bits per heavy atom. The minimum absolute atomic E-state index is 0.325. The molecule has 0 spiro atoms. The first-order valence-electron chi connectivity index (χ1n) is 9.34. The van der Waals surface area contributed by atoms with E-state index in [4.69, 9.17) is 4.74 Å². The van der Waals surface area contributed by atoms with Gasteiger partial charge in [-0.2, -0.15) is 18.3 Å². The number of halogens is 4. The Kier molecular flexibility index (Phi) is 4.81. The zero-order chi connectivity index (χ0) is 21.9. The van der Waals surface area contributed by atoms with Crippen molar-refractivity contribution in [1.82, 2.24) is 10.2 Å². The summed E-state index contributed by atoms with van der Waals surface area (Å²) in [7, 11) is 1.48. The van der Waals surface area contributed by atoms with Crippen LogP contribution in [0, 0.1) is 0 Å². The third-order valence-electron chi connectivity index (χ3n) is 5.80. The number of nitrogens with zero attached hydrogens (tertiary/aromatic N) is 1. The fourth-order valence-corrected chi connectivity index (χ4v) is 5.09. The van der Waals surface area contributed by atoms with Crippen molar-refractivity contribution in [3.05, 3.63) is 52.1 Å². The molecule has 2 aromatic carbocycles. The quantitative estimate of drug-likeness (QED) is 0.462. The first-order chi connectivity index (χ1) is 14.0. The second kappa shape index (κ2) is 6.88. The third kappa shape index (κ3) is 3.06. The molecule has 3 aromatic rings. The minimum Gasteiger partial charge on any atom is -0.496 e. The van der Waals surface area contributed by atoms with E-state index in [1.54, 1.807) is 50.4 Å². The van der Waals surface area contributed by atoms with Crippen molar-refractivity contribution in [3.63, 3.8) is 0 Å². The smallest absolute Gasteiger partial charge is 0.419 e. The normalized spacial score (nSPS) is 23.3. The number of methoxy groups -OCH3 is 1. The van der Waals surface area contributed by atoms with Crippen molar-refractivity contribution in [3.8, 4) is 5.75 Å². The molecule has 0 saturated carbocycles. The highest BCUT2D eigenvalue weighted by Gasteiger charge is 2.64. The van der Waals surface area contributed by atoms with E-state index < -0.39 is 29.7 Å². The van der Waals surface area contributed by atoms with E-state index in [0.29, 0.717) is 37.9 Å². The van der Waals surface area contributed by atoms with Crippen LogP contribution in [-0.4, -0.2) is 34.2 Å². The lowest BCUT2D eigenvalue weighted by atomic mass is 9.63. The molecule has 1 aliphatic carbocycles. The molecular weight excluding hydrogens is 463 g/mol. The maximum Gasteiger partial charge on any atom is 0.419 e. The van der Waals surface area contributed by atoms with Crippen LogP contribution in [0.2, 0.25) is 0 Å². The average molecular weight is 484 g/mol. The Labute approximate surface area is 179 Å². The summed E-state index contributed by atoms with van der Waals surface area (Å²) in [6.07, 6.45) is -3.85. The standard InChI is InChI=1S/C21H21BrF3N3O2/c1-19(2)10-20(29,21(23,24)25)18(16-12(22)7-8-15(30-3)17(16)19)27-13-5-4-6-14-11(13)9-26-28-14/h4-9,18,27,29H,10H2,1-3H3,(H,26,28). The van der Waals surface area contributed by atoms with Gasteiger partial charge >= 0.3 is 6.18 Å². The van der Waals surface area contributed by atoms with Gasteiger partial charge < -0.3 is 15.2 Å². The highest BCUT2D eigenvalue weighted by Crippen LogP contribution is 2.57. The van der Waals surface area contributed by atoms with Crippen LogP contribution in [0.15, 0.2) is 41.0 Å². The number of aliphatic hydroxyl groups is 1. The molecule has 0 bridgehead atoms. The van der Waals surface area contributed by atoms with Gasteiger partial charge in [0.1, 0.15) is 5.75 Å². The largest absolute Gasteiger partial charge is 0.496 e. The summed E-state index contributed by atoms with van der Waals surface area (Å²) in [4.78, 5) is 0. The molecule has 0 saturated heterocycles. The number of H-pyrrole nitrogens is 1. The predicted molar refractivity (Wildman–Crippen MR) is 112 cm³/mol. The van der Waals surface area contributed by atoms with Crippen LogP contribution in [0.5, 0.6) is 5.75 Å². The van der Waals surface area contributed by atoms with Crippen molar-refractivity contribution >= 4 is 32.5 Å². The zero-order valence-corrected chi connectivity index (χ0v) is 18.1. The topological polar surface area (TPSA) is 70.2 Å². The summed E-state index contributed by atoms with van der Waals surface area (Å²) in [5, 5.41) is 21.5. The molecule has 4 rings (SSSR count). The maximum atomic E-state index is 14.3. The van der Waals surface area contributed by atoms with Crippen molar-refractivity contribution in [2.75, 3.05) is 12.4 Å². The SMILES string of the molecule is COc1ccc(Br)c2c1C(C)(C)CC(O)(C(F)(F)F)C2Nc1cccc2[nH]ncc12. The number of anilines is 1. The van der Waals surface area contributed by atoms with Crippen LogP contribution in [0.3, 0.4) is 0 Å². The van der Waals surface area contributed by atoms with Gasteiger partial charge in [0.25, 0.3) is 0 Å². The highest BCUT2D eigenvalue weighted by molar-refractivity contribution is 9.10. The number of aromatic amines is 1. The van der Waals surface area contributed by atoms with E-state index in [-0.39, 0.29) is 0 Å². The summed E-state index contributed by atoms with van der Waals surface area (Å²) in [5.74, 6) is 0.482. The van der Waals surface area contributed by atoms with Crippen molar-refractivity contribution in [2.45, 2.75) is 43.5 Å². The second-order valence-corrected chi connectivity index (χ2v) is 9.09. The molecule has 2 unspecified atom stereocenters. The number of alkyl halides is 3. The Balaban J connectivity index is 1.99. The van der Waals surface area contributed by atoms with Gasteiger partial charge in [-0.3, -0.25) is 5.10 Å². The monoisotopic (exact) mass is 483 g/mol. The summed E-state index contributed by atoms with van der Waals surface area (Å²) < 4.78 is 48.9. The number of benzene rings is 2. The predicted octanol–water partition coefficient (Wildman–Crippen LogP) is 5.46. The number of hydrogen-bond donors (Lipinski definition) is 3. The van der Waals surface area contributed by atoms with Crippen LogP contribution < -0.4 is 10.1 Å². The van der Waals surface area contributed by atoms with E-state index in [9.17, 15) is 18.3 Å². The first kappa shape index (κ1) is 21.0. The Hall–Kier alpha value is -2.26. The molecule has 1 heterocycles. The van der Waals surface area contributed by atoms with Crippen molar-refractivity contribution in [2.24, 2.45) is 0 Å². The van der Waals surface area contributed by atoms with Gasteiger partial charge in [-0.05, 0) is 41.7 Å². The summed E-state index contributed by atoms with van der Waals surface area (Å²) in [6.45, 7) is 3.37. The number of aromatic nitrogens is 2. The van der Waals surface area contributed by atoms with Crippen LogP contribution in [-0.2, 0) is 5.41 Å². The van der Waals surface area contributed by atoms with Crippen molar-refractivity contribution < 1.29 is 23.0 Å². The maximum absolute atomic E-state index is 14.3. The van der Waals surface area contributed by atoms with E-state index in [1.165, 1.54) is 7.11 Å². The van der Waals surface area contributed by atoms with Gasteiger partial charge in [0.05, 0.1) is 24.9 Å². The molecule has 5 nitrogen and oxygen atoms in total. The van der Waals surface area contributed by atoms with Gasteiger partial charge in [-0.1, -0.05) is 35.8 Å². The summed E-state index contributed by atoms with van der Waals surface area (Å²) in [6, 6.07) is 7.05. The molecule has 2 atom stereocenters. The Bertz CT molecular complexity index is 1110. The first-order valence-corrected chi connectivity index (χ1v) is 10.1. The molecule has 0 amide bonds. The minimum atomic E-state index is -4.87. The van der Waals surface area contributed by atoms with Gasteiger partial charge in [-0.25, -0.2) is 0 Å². The number of fused-ring (bicyclic) bond motifs is 2. The molecule has 0 fully saturated rings. The van der Waals surface area contributed by atoms with E-state index in [2.05, 4.69) is 31.4 Å². The van der Waals surface area contributed by atoms with Crippen LogP contribution in [0.1, 0.15) is 37.4 Å². The van der Waals surface area contributed by atoms with Gasteiger partial charge in [0.15, 0.2) is 5.60 Å². The molecule has 0 aliphatic heterocycles. The number of hydrogen-bond acceptors (Lipinski definition) is 4.